The summed E-state index contributed by atoms with van der Waals surface area (Å²) >= 11 is 0. The van der Waals surface area contributed by atoms with E-state index < -0.39 is 0 Å². The van der Waals surface area contributed by atoms with E-state index in [0.29, 0.717) is 17.0 Å². The highest BCUT2D eigenvalue weighted by molar-refractivity contribution is 5.91. The van der Waals surface area contributed by atoms with Crippen LogP contribution in [0, 0.1) is 0 Å². The Kier molecular flexibility index (Phi) is 4.49. The summed E-state index contributed by atoms with van der Waals surface area (Å²) in [5, 5.41) is 0. The quantitative estimate of drug-likeness (QED) is 0.679. The van der Waals surface area contributed by atoms with Gasteiger partial charge in [-0.05, 0) is 26.0 Å². The summed E-state index contributed by atoms with van der Waals surface area (Å²) < 4.78 is 16.3. The molecule has 110 valence electrons. The molecule has 2 rings (SSSR count). The van der Waals surface area contributed by atoms with Crippen LogP contribution < -0.4 is 10.5 Å². The second kappa shape index (κ2) is 6.13. The minimum Gasteiger partial charge on any atom is -0.497 e. The number of nitrogens with two attached hydrogens (primary N) is 1. The predicted molar refractivity (Wildman–Crippen MR) is 75.9 cm³/mol. The predicted octanol–water partition coefficient (Wildman–Crippen LogP) is 2.39. The number of carbonyl (C=O) groups is 1. The van der Waals surface area contributed by atoms with Gasteiger partial charge >= 0.3 is 5.97 Å². The smallest absolute Gasteiger partial charge is 0.338 e. The van der Waals surface area contributed by atoms with E-state index in [1.807, 2.05) is 13.8 Å². The number of hydrogen-bond acceptors (Lipinski definition) is 5. The Balaban J connectivity index is 2.06. The molecule has 5 nitrogen and oxygen atoms in total. The fourth-order valence-electron chi connectivity index (χ4n) is 2.52. The highest BCUT2D eigenvalue weighted by atomic mass is 16.6. The van der Waals surface area contributed by atoms with Crippen molar-refractivity contribution in [1.29, 1.82) is 0 Å². The van der Waals surface area contributed by atoms with Crippen LogP contribution in [0.25, 0.3) is 0 Å². The Morgan fingerprint density at radius 2 is 1.90 bits per heavy atom. The number of esters is 1. The molecule has 0 amide bonds. The van der Waals surface area contributed by atoms with Gasteiger partial charge in [-0.1, -0.05) is 0 Å². The molecule has 1 aromatic carbocycles. The molecule has 5 heteroatoms. The average molecular weight is 279 g/mol. The number of anilines is 1. The van der Waals surface area contributed by atoms with Crippen LogP contribution in [0.15, 0.2) is 18.2 Å². The van der Waals surface area contributed by atoms with Crippen LogP contribution in [0.3, 0.4) is 0 Å². The van der Waals surface area contributed by atoms with Crippen LogP contribution in [0.4, 0.5) is 5.69 Å². The summed E-state index contributed by atoms with van der Waals surface area (Å²) in [4.78, 5) is 12.2. The lowest BCUT2D eigenvalue weighted by Crippen LogP contribution is -2.35. The minimum absolute atomic E-state index is 0.104. The first kappa shape index (κ1) is 14.7. The molecule has 1 saturated heterocycles. The summed E-state index contributed by atoms with van der Waals surface area (Å²) in [6.07, 6.45) is 1.53. The Morgan fingerprint density at radius 1 is 1.25 bits per heavy atom. The second-order valence-electron chi connectivity index (χ2n) is 5.25. The van der Waals surface area contributed by atoms with Gasteiger partial charge in [-0.25, -0.2) is 4.79 Å². The standard InChI is InChI=1S/C15H21NO4/c1-9-4-14(5-10(2)19-9)20-15(17)11-6-12(16)8-13(7-11)18-3/h6-10,14H,4-5,16H2,1-3H3. The van der Waals surface area contributed by atoms with Gasteiger partial charge in [0.1, 0.15) is 11.9 Å². The van der Waals surface area contributed by atoms with Gasteiger partial charge in [-0.3, -0.25) is 0 Å². The minimum atomic E-state index is -0.373. The SMILES string of the molecule is COc1cc(N)cc(C(=O)OC2CC(C)OC(C)C2)c1. The Labute approximate surface area is 119 Å². The van der Waals surface area contributed by atoms with E-state index in [4.69, 9.17) is 19.9 Å². The molecule has 1 aromatic rings. The maximum atomic E-state index is 12.2. The van der Waals surface area contributed by atoms with Crippen LogP contribution in [0.5, 0.6) is 5.75 Å². The average Bonchev–Trinajstić information content (AvgIpc) is 2.36. The number of methoxy groups -OCH3 is 1. The van der Waals surface area contributed by atoms with Crippen LogP contribution in [-0.4, -0.2) is 31.4 Å². The molecule has 0 saturated carbocycles. The summed E-state index contributed by atoms with van der Waals surface area (Å²) in [7, 11) is 1.53. The molecule has 1 heterocycles. The number of benzene rings is 1. The summed E-state index contributed by atoms with van der Waals surface area (Å²) in [6, 6.07) is 4.89. The summed E-state index contributed by atoms with van der Waals surface area (Å²) in [5.41, 5.74) is 6.63. The molecule has 0 radical (unpaired) electrons. The monoisotopic (exact) mass is 279 g/mol. The Hall–Kier alpha value is -1.75. The topological polar surface area (TPSA) is 70.8 Å². The van der Waals surface area contributed by atoms with Crippen molar-refractivity contribution in [1.82, 2.24) is 0 Å². The van der Waals surface area contributed by atoms with Crippen LogP contribution >= 0.6 is 0 Å². The Morgan fingerprint density at radius 3 is 2.50 bits per heavy atom. The highest BCUT2D eigenvalue weighted by Gasteiger charge is 2.27. The molecule has 0 bridgehead atoms. The fraction of sp³-hybridized carbons (Fsp3) is 0.533. The van der Waals surface area contributed by atoms with Gasteiger partial charge in [0.2, 0.25) is 0 Å². The van der Waals surface area contributed by atoms with E-state index in [-0.39, 0.29) is 24.3 Å². The first-order valence-corrected chi connectivity index (χ1v) is 6.79. The van der Waals surface area contributed by atoms with Crippen molar-refractivity contribution in [2.24, 2.45) is 0 Å². The lowest BCUT2D eigenvalue weighted by Gasteiger charge is -2.31. The largest absolute Gasteiger partial charge is 0.497 e. The number of carbonyl (C=O) groups excluding carboxylic acids is 1. The molecule has 1 aliphatic heterocycles. The van der Waals surface area contributed by atoms with Crippen molar-refractivity contribution in [3.8, 4) is 5.75 Å². The first-order valence-electron chi connectivity index (χ1n) is 6.79. The van der Waals surface area contributed by atoms with Crippen molar-refractivity contribution in [3.05, 3.63) is 23.8 Å². The van der Waals surface area contributed by atoms with Gasteiger partial charge in [-0.15, -0.1) is 0 Å². The molecule has 0 aromatic heterocycles. The van der Waals surface area contributed by atoms with Crippen LogP contribution in [-0.2, 0) is 9.47 Å². The van der Waals surface area contributed by atoms with Crippen molar-refractivity contribution in [2.45, 2.75) is 45.0 Å². The number of nitrogen functional groups attached to an aromatic ring is 1. The Bertz CT molecular complexity index is 479. The van der Waals surface area contributed by atoms with Gasteiger partial charge in [0.25, 0.3) is 0 Å². The van der Waals surface area contributed by atoms with Crippen LogP contribution in [0.2, 0.25) is 0 Å². The zero-order valence-electron chi connectivity index (χ0n) is 12.1. The number of hydrogen-bond donors (Lipinski definition) is 1. The van der Waals surface area contributed by atoms with Crippen LogP contribution in [0.1, 0.15) is 37.0 Å². The van der Waals surface area contributed by atoms with E-state index in [9.17, 15) is 4.79 Å². The third-order valence-corrected chi connectivity index (χ3v) is 3.33. The second-order valence-corrected chi connectivity index (χ2v) is 5.25. The van der Waals surface area contributed by atoms with Crippen molar-refractivity contribution in [2.75, 3.05) is 12.8 Å². The van der Waals surface area contributed by atoms with E-state index in [1.54, 1.807) is 18.2 Å². The van der Waals surface area contributed by atoms with E-state index in [1.165, 1.54) is 7.11 Å². The third-order valence-electron chi connectivity index (χ3n) is 3.33. The first-order chi connectivity index (χ1) is 9.47. The zero-order chi connectivity index (χ0) is 14.7. The molecule has 2 unspecified atom stereocenters. The van der Waals surface area contributed by atoms with Gasteiger partial charge < -0.3 is 19.9 Å². The maximum Gasteiger partial charge on any atom is 0.338 e. The molecule has 20 heavy (non-hydrogen) atoms. The van der Waals surface area contributed by atoms with Crippen molar-refractivity contribution in [3.63, 3.8) is 0 Å². The third kappa shape index (κ3) is 3.63. The number of ether oxygens (including phenoxy) is 3. The molecular weight excluding hydrogens is 258 g/mol. The lowest BCUT2D eigenvalue weighted by atomic mass is 10.0. The lowest BCUT2D eigenvalue weighted by molar-refractivity contribution is -0.0855. The van der Waals surface area contributed by atoms with E-state index >= 15 is 0 Å². The number of rotatable bonds is 3. The fourth-order valence-corrected chi connectivity index (χ4v) is 2.52. The molecule has 0 aliphatic carbocycles. The van der Waals surface area contributed by atoms with Crippen molar-refractivity contribution >= 4 is 11.7 Å². The molecule has 1 fully saturated rings. The van der Waals surface area contributed by atoms with Gasteiger partial charge in [-0.2, -0.15) is 0 Å². The molecule has 2 N–H and O–H groups in total. The van der Waals surface area contributed by atoms with E-state index in [2.05, 4.69) is 0 Å². The summed E-state index contributed by atoms with van der Waals surface area (Å²) in [6.45, 7) is 3.97. The zero-order valence-corrected chi connectivity index (χ0v) is 12.1. The maximum absolute atomic E-state index is 12.2. The molecule has 2 atom stereocenters. The molecule has 1 aliphatic rings. The summed E-state index contributed by atoms with van der Waals surface area (Å²) in [5.74, 6) is 0.174. The van der Waals surface area contributed by atoms with Gasteiger partial charge in [0, 0.05) is 24.6 Å². The molecular formula is C15H21NO4. The highest BCUT2D eigenvalue weighted by Crippen LogP contribution is 2.24. The molecule has 0 spiro atoms. The normalized spacial score (nSPS) is 26.1. The van der Waals surface area contributed by atoms with Gasteiger partial charge in [0.05, 0.1) is 24.9 Å². The van der Waals surface area contributed by atoms with Crippen molar-refractivity contribution < 1.29 is 19.0 Å². The van der Waals surface area contributed by atoms with Gasteiger partial charge in [0.15, 0.2) is 0 Å². The van der Waals surface area contributed by atoms with E-state index in [0.717, 1.165) is 12.8 Å².